The van der Waals surface area contributed by atoms with Crippen LogP contribution in [0.5, 0.6) is 0 Å². The van der Waals surface area contributed by atoms with Crippen molar-refractivity contribution in [3.8, 4) is 0 Å². The lowest BCUT2D eigenvalue weighted by atomic mass is 10.3. The van der Waals surface area contributed by atoms with Crippen molar-refractivity contribution in [2.45, 2.75) is 10.7 Å². The number of thioether (sulfide) groups is 1. The van der Waals surface area contributed by atoms with Crippen molar-refractivity contribution in [1.82, 2.24) is 9.97 Å². The number of H-pyrrole nitrogens is 1. The monoisotopic (exact) mass is 200 g/mol. The Hall–Kier alpha value is -1.10. The smallest absolute Gasteiger partial charge is 0.288 e. The van der Waals surface area contributed by atoms with Gasteiger partial charge in [0.25, 0.3) is 5.76 Å². The van der Waals surface area contributed by atoms with E-state index in [9.17, 15) is 8.78 Å². The number of rotatable bonds is 2. The molecule has 0 spiro atoms. The lowest BCUT2D eigenvalue weighted by molar-refractivity contribution is 0.252. The molecule has 0 fully saturated rings. The molecule has 13 heavy (non-hydrogen) atoms. The fraction of sp³-hybridized carbons (Fsp3) is 0.125. The molecular weight excluding hydrogens is 194 g/mol. The maximum Gasteiger partial charge on any atom is 0.288 e. The van der Waals surface area contributed by atoms with E-state index in [0.717, 1.165) is 11.0 Å². The fourth-order valence-electron chi connectivity index (χ4n) is 1.09. The van der Waals surface area contributed by atoms with Gasteiger partial charge in [0.15, 0.2) is 0 Å². The molecule has 0 unspecified atom stereocenters. The molecule has 0 amide bonds. The fourth-order valence-corrected chi connectivity index (χ4v) is 1.63. The van der Waals surface area contributed by atoms with Gasteiger partial charge in [-0.1, -0.05) is 11.8 Å². The molecule has 0 bridgehead atoms. The lowest BCUT2D eigenvalue weighted by Gasteiger charge is -1.98. The molecule has 1 aromatic carbocycles. The Kier molecular flexibility index (Phi) is 2.18. The zero-order valence-corrected chi connectivity index (χ0v) is 7.31. The molecule has 1 aromatic heterocycles. The number of aromatic amines is 1. The molecule has 0 radical (unpaired) electrons. The van der Waals surface area contributed by atoms with E-state index in [0.29, 0.717) is 16.7 Å². The van der Waals surface area contributed by atoms with E-state index >= 15 is 0 Å². The van der Waals surface area contributed by atoms with Gasteiger partial charge in [-0.2, -0.15) is 8.78 Å². The number of benzene rings is 1. The molecular formula is C8H6F2N2S. The summed E-state index contributed by atoms with van der Waals surface area (Å²) in [7, 11) is 0. The minimum Gasteiger partial charge on any atom is -0.345 e. The van der Waals surface area contributed by atoms with Gasteiger partial charge >= 0.3 is 0 Å². The van der Waals surface area contributed by atoms with Crippen molar-refractivity contribution >= 4 is 22.8 Å². The third-order valence-electron chi connectivity index (χ3n) is 1.62. The topological polar surface area (TPSA) is 28.7 Å². The maximum absolute atomic E-state index is 12.0. The van der Waals surface area contributed by atoms with Crippen LogP contribution in [0.3, 0.4) is 0 Å². The van der Waals surface area contributed by atoms with Crippen molar-refractivity contribution in [3.63, 3.8) is 0 Å². The van der Waals surface area contributed by atoms with Crippen LogP contribution in [0.25, 0.3) is 11.0 Å². The summed E-state index contributed by atoms with van der Waals surface area (Å²) < 4.78 is 24.0. The van der Waals surface area contributed by atoms with Crippen molar-refractivity contribution in [2.24, 2.45) is 0 Å². The van der Waals surface area contributed by atoms with Crippen LogP contribution in [0.15, 0.2) is 29.4 Å². The van der Waals surface area contributed by atoms with Gasteiger partial charge in [0.05, 0.1) is 17.4 Å². The molecule has 2 nitrogen and oxygen atoms in total. The Bertz CT molecular complexity index is 413. The van der Waals surface area contributed by atoms with Crippen LogP contribution in [-0.4, -0.2) is 15.7 Å². The predicted molar refractivity (Wildman–Crippen MR) is 48.0 cm³/mol. The van der Waals surface area contributed by atoms with Crippen molar-refractivity contribution < 1.29 is 8.78 Å². The molecule has 1 N–H and O–H groups in total. The molecule has 1 heterocycles. The first-order valence-corrected chi connectivity index (χ1v) is 4.51. The van der Waals surface area contributed by atoms with Gasteiger partial charge < -0.3 is 4.98 Å². The van der Waals surface area contributed by atoms with Gasteiger partial charge in [0.1, 0.15) is 0 Å². The number of hydrogen-bond acceptors (Lipinski definition) is 2. The zero-order chi connectivity index (χ0) is 9.26. The summed E-state index contributed by atoms with van der Waals surface area (Å²) in [5, 5.41) is 0. The Morgan fingerprint density at radius 3 is 3.00 bits per heavy atom. The van der Waals surface area contributed by atoms with E-state index in [1.54, 1.807) is 24.5 Å². The minimum atomic E-state index is -2.37. The maximum atomic E-state index is 12.0. The zero-order valence-electron chi connectivity index (χ0n) is 6.50. The van der Waals surface area contributed by atoms with E-state index in [1.165, 1.54) is 0 Å². The van der Waals surface area contributed by atoms with Crippen molar-refractivity contribution in [1.29, 1.82) is 0 Å². The predicted octanol–water partition coefficient (Wildman–Crippen LogP) is 2.88. The molecule has 2 rings (SSSR count). The van der Waals surface area contributed by atoms with Crippen LogP contribution in [0, 0.1) is 0 Å². The number of aromatic nitrogens is 2. The van der Waals surface area contributed by atoms with Gasteiger partial charge in [-0.25, -0.2) is 4.98 Å². The molecule has 0 saturated heterocycles. The highest BCUT2D eigenvalue weighted by atomic mass is 32.2. The van der Waals surface area contributed by atoms with E-state index in [2.05, 4.69) is 9.97 Å². The standard InChI is InChI=1S/C8H6F2N2S/c9-8(10)13-5-1-2-6-7(3-5)12-4-11-6/h1-4,8H,(H,11,12). The highest BCUT2D eigenvalue weighted by Gasteiger charge is 2.05. The van der Waals surface area contributed by atoms with Crippen LogP contribution in [0.2, 0.25) is 0 Å². The normalized spacial score (nSPS) is 11.3. The van der Waals surface area contributed by atoms with E-state index in [1.807, 2.05) is 0 Å². The molecule has 2 aromatic rings. The third kappa shape index (κ3) is 1.80. The number of hydrogen-bond donors (Lipinski definition) is 1. The number of nitrogens with one attached hydrogen (secondary N) is 1. The van der Waals surface area contributed by atoms with Crippen LogP contribution in [-0.2, 0) is 0 Å². The summed E-state index contributed by atoms with van der Waals surface area (Å²) >= 11 is 0.536. The van der Waals surface area contributed by atoms with Crippen LogP contribution in [0.4, 0.5) is 8.78 Å². The molecule has 68 valence electrons. The highest BCUT2D eigenvalue weighted by Crippen LogP contribution is 2.26. The van der Waals surface area contributed by atoms with Gasteiger partial charge in [-0.05, 0) is 18.2 Å². The van der Waals surface area contributed by atoms with E-state index in [-0.39, 0.29) is 0 Å². The van der Waals surface area contributed by atoms with Gasteiger partial charge in [0, 0.05) is 4.90 Å². The Balaban J connectivity index is 2.37. The summed E-state index contributed by atoms with van der Waals surface area (Å²) in [5.41, 5.74) is 1.57. The number of fused-ring (bicyclic) bond motifs is 1. The number of imidazole rings is 1. The Labute approximate surface area is 77.4 Å². The second-order valence-electron chi connectivity index (χ2n) is 2.46. The molecule has 0 atom stereocenters. The second-order valence-corrected chi connectivity index (χ2v) is 3.52. The van der Waals surface area contributed by atoms with Crippen LogP contribution in [0.1, 0.15) is 0 Å². The quantitative estimate of drug-likeness (QED) is 0.755. The average molecular weight is 200 g/mol. The van der Waals surface area contributed by atoms with Gasteiger partial charge in [-0.3, -0.25) is 0 Å². The lowest BCUT2D eigenvalue weighted by Crippen LogP contribution is -1.81. The van der Waals surface area contributed by atoms with Gasteiger partial charge in [0.2, 0.25) is 0 Å². The summed E-state index contributed by atoms with van der Waals surface area (Å²) in [4.78, 5) is 7.40. The Morgan fingerprint density at radius 1 is 1.38 bits per heavy atom. The first-order chi connectivity index (χ1) is 6.25. The average Bonchev–Trinajstić information content (AvgIpc) is 2.49. The summed E-state index contributed by atoms with van der Waals surface area (Å²) in [6, 6.07) is 5.02. The number of nitrogens with zero attached hydrogens (tertiary/aromatic N) is 1. The first-order valence-electron chi connectivity index (χ1n) is 3.63. The molecule has 5 heteroatoms. The van der Waals surface area contributed by atoms with Crippen molar-refractivity contribution in [3.05, 3.63) is 24.5 Å². The SMILES string of the molecule is FC(F)Sc1ccc2nc[nH]c2c1. The summed E-state index contributed by atoms with van der Waals surface area (Å²) in [6.45, 7) is 0. The number of alkyl halides is 2. The molecule has 0 saturated carbocycles. The molecule has 0 aliphatic carbocycles. The second kappa shape index (κ2) is 3.33. The Morgan fingerprint density at radius 2 is 2.23 bits per heavy atom. The van der Waals surface area contributed by atoms with E-state index < -0.39 is 5.76 Å². The van der Waals surface area contributed by atoms with Crippen LogP contribution >= 0.6 is 11.8 Å². The summed E-state index contributed by atoms with van der Waals surface area (Å²) in [6.07, 6.45) is 1.54. The minimum absolute atomic E-state index is 0.536. The van der Waals surface area contributed by atoms with E-state index in [4.69, 9.17) is 0 Å². The molecule has 0 aliphatic heterocycles. The summed E-state index contributed by atoms with van der Waals surface area (Å²) in [5.74, 6) is -2.37. The van der Waals surface area contributed by atoms with Gasteiger partial charge in [-0.15, -0.1) is 0 Å². The number of halogens is 2. The van der Waals surface area contributed by atoms with Crippen LogP contribution < -0.4 is 0 Å². The molecule has 0 aliphatic rings. The first kappa shape index (κ1) is 8.50. The largest absolute Gasteiger partial charge is 0.345 e. The third-order valence-corrected chi connectivity index (χ3v) is 2.32. The van der Waals surface area contributed by atoms with Crippen molar-refractivity contribution in [2.75, 3.05) is 0 Å². The highest BCUT2D eigenvalue weighted by molar-refractivity contribution is 7.99.